The Labute approximate surface area is 221 Å². The second kappa shape index (κ2) is 10.2. The summed E-state index contributed by atoms with van der Waals surface area (Å²) >= 11 is 0. The Morgan fingerprint density at radius 2 is 0.972 bits per heavy atom. The molecule has 0 spiro atoms. The van der Waals surface area contributed by atoms with Crippen molar-refractivity contribution in [3.63, 3.8) is 0 Å². The maximum Gasteiger partial charge on any atom is 0.426 e. The first-order valence-corrected chi connectivity index (χ1v) is 14.5. The Hall–Kier alpha value is -1.14. The van der Waals surface area contributed by atoms with E-state index in [4.69, 9.17) is 5.11 Å². The molecule has 2 saturated heterocycles. The van der Waals surface area contributed by atoms with Crippen LogP contribution in [-0.4, -0.2) is 73.0 Å². The summed E-state index contributed by atoms with van der Waals surface area (Å²) in [6.07, 6.45) is 11.5. The minimum absolute atomic E-state index is 0.188. The number of hydrogen-bond donors (Lipinski definition) is 2. The van der Waals surface area contributed by atoms with Crippen molar-refractivity contribution in [3.8, 4) is 0 Å². The number of aliphatic carboxylic acids is 2. The van der Waals surface area contributed by atoms with Crippen LogP contribution in [0.1, 0.15) is 139 Å². The molecule has 2 N–H and O–H groups in total. The molecule has 210 valence electrons. The molecule has 2 heterocycles. The van der Waals surface area contributed by atoms with Gasteiger partial charge in [0, 0.05) is 32.1 Å². The van der Waals surface area contributed by atoms with Crippen molar-refractivity contribution in [2.75, 3.05) is 14.1 Å². The Morgan fingerprint density at radius 1 is 0.639 bits per heavy atom. The molecule has 0 radical (unpaired) electrons. The second-order valence-electron chi connectivity index (χ2n) is 14.8. The summed E-state index contributed by atoms with van der Waals surface area (Å²) in [6, 6.07) is 0. The largest absolute Gasteiger partial charge is 0.481 e. The van der Waals surface area contributed by atoms with Gasteiger partial charge in [0.1, 0.15) is 0 Å². The highest BCUT2D eigenvalue weighted by Crippen LogP contribution is 2.60. The number of nitrogens with zero attached hydrogens (tertiary/aromatic N) is 2. The third-order valence-corrected chi connectivity index (χ3v) is 11.7. The Kier molecular flexibility index (Phi) is 8.81. The summed E-state index contributed by atoms with van der Waals surface area (Å²) in [5.41, 5.74) is -1.76. The number of likely N-dealkylation sites (tertiary alicyclic amines) is 2. The average Bonchev–Trinajstić information content (AvgIpc) is 2.71. The van der Waals surface area contributed by atoms with Gasteiger partial charge in [0.05, 0.1) is 42.7 Å². The fourth-order valence-electron chi connectivity index (χ4n) is 8.96. The van der Waals surface area contributed by atoms with Crippen LogP contribution in [0, 0.1) is 0 Å². The van der Waals surface area contributed by atoms with Gasteiger partial charge in [-0.15, -0.1) is 0 Å². The first-order valence-electron chi connectivity index (χ1n) is 14.5. The molecule has 0 aliphatic carbocycles. The molecular weight excluding hydrogens is 452 g/mol. The molecule has 0 saturated carbocycles. The number of carboxylic acids is 2. The zero-order valence-corrected chi connectivity index (χ0v) is 25.3. The molecule has 0 aromatic rings. The number of piperidine rings is 2. The summed E-state index contributed by atoms with van der Waals surface area (Å²) in [7, 11) is 4.56. The van der Waals surface area contributed by atoms with Crippen molar-refractivity contribution < 1.29 is 28.8 Å². The van der Waals surface area contributed by atoms with Crippen LogP contribution in [0.4, 0.5) is 0 Å². The molecule has 2 aliphatic rings. The van der Waals surface area contributed by atoms with Crippen molar-refractivity contribution in [2.45, 2.75) is 167 Å². The zero-order valence-electron chi connectivity index (χ0n) is 25.3. The van der Waals surface area contributed by atoms with Gasteiger partial charge < -0.3 is 10.2 Å². The molecule has 0 aromatic heterocycles. The first kappa shape index (κ1) is 31.1. The van der Waals surface area contributed by atoms with E-state index in [2.05, 4.69) is 69.5 Å². The fraction of sp³-hybridized carbons (Fsp3) is 0.933. The van der Waals surface area contributed by atoms with Gasteiger partial charge in [0.2, 0.25) is 0 Å². The van der Waals surface area contributed by atoms with Crippen LogP contribution in [0.3, 0.4) is 0 Å². The lowest BCUT2D eigenvalue weighted by molar-refractivity contribution is -1.21. The van der Waals surface area contributed by atoms with Crippen LogP contribution in [0.15, 0.2) is 0 Å². The van der Waals surface area contributed by atoms with Gasteiger partial charge in [0.25, 0.3) is 0 Å². The van der Waals surface area contributed by atoms with Crippen LogP contribution in [0.5, 0.6) is 0 Å². The smallest absolute Gasteiger partial charge is 0.426 e. The van der Waals surface area contributed by atoms with Crippen molar-refractivity contribution in [3.05, 3.63) is 0 Å². The van der Waals surface area contributed by atoms with E-state index in [1.807, 2.05) is 0 Å². The highest BCUT2D eigenvalue weighted by molar-refractivity contribution is 5.76. The van der Waals surface area contributed by atoms with E-state index in [0.29, 0.717) is 21.8 Å². The van der Waals surface area contributed by atoms with E-state index >= 15 is 0 Å². The van der Waals surface area contributed by atoms with Gasteiger partial charge in [-0.1, -0.05) is 19.3 Å². The molecule has 2 rings (SSSR count). The number of hydrogen-bond acceptors (Lipinski definition) is 2. The quantitative estimate of drug-likeness (QED) is 0.233. The number of quaternary nitrogens is 2. The minimum Gasteiger partial charge on any atom is -0.481 e. The highest BCUT2D eigenvalue weighted by Gasteiger charge is 2.80. The normalized spacial score (nSPS) is 25.7. The third kappa shape index (κ3) is 4.52. The van der Waals surface area contributed by atoms with Gasteiger partial charge in [-0.2, -0.15) is 0 Å². The summed E-state index contributed by atoms with van der Waals surface area (Å²) in [5, 5.41) is 20.5. The SMILES string of the molecule is CC1(C)CCCC(C)(C)[N+]1(C)C(CCCCCCCC(=O)O)(C(=O)O)[N+]1(C)C(C)(C)CCCC1(C)C. The van der Waals surface area contributed by atoms with Gasteiger partial charge in [0.15, 0.2) is 0 Å². The minimum atomic E-state index is -1.01. The average molecular weight is 511 g/mol. The Morgan fingerprint density at radius 3 is 1.31 bits per heavy atom. The van der Waals surface area contributed by atoms with Crippen LogP contribution < -0.4 is 0 Å². The van der Waals surface area contributed by atoms with E-state index in [1.165, 1.54) is 0 Å². The van der Waals surface area contributed by atoms with Crippen molar-refractivity contribution in [1.82, 2.24) is 0 Å². The fourth-order valence-corrected chi connectivity index (χ4v) is 8.96. The zero-order chi connectivity index (χ0) is 27.8. The van der Waals surface area contributed by atoms with Gasteiger partial charge in [-0.3, -0.25) is 13.8 Å². The lowest BCUT2D eigenvalue weighted by Gasteiger charge is -2.74. The number of carboxylic acid groups (broad SMARTS) is 2. The predicted molar refractivity (Wildman–Crippen MR) is 147 cm³/mol. The molecule has 0 atom stereocenters. The number of likely N-dealkylation sites (N-methyl/N-ethyl adjacent to an activating group) is 2. The second-order valence-corrected chi connectivity index (χ2v) is 14.8. The van der Waals surface area contributed by atoms with E-state index in [9.17, 15) is 14.7 Å². The molecular formula is C30H58N2O4+2. The monoisotopic (exact) mass is 510 g/mol. The van der Waals surface area contributed by atoms with Gasteiger partial charge in [-0.25, -0.2) is 4.79 Å². The molecule has 6 heteroatoms. The van der Waals surface area contributed by atoms with Crippen LogP contribution in [0.25, 0.3) is 0 Å². The summed E-state index contributed by atoms with van der Waals surface area (Å²) in [4.78, 5) is 25.0. The predicted octanol–water partition coefficient (Wildman–Crippen LogP) is 6.96. The Balaban J connectivity index is 2.70. The van der Waals surface area contributed by atoms with Crippen molar-refractivity contribution in [1.29, 1.82) is 0 Å². The maximum absolute atomic E-state index is 14.1. The van der Waals surface area contributed by atoms with E-state index in [0.717, 1.165) is 64.2 Å². The third-order valence-electron chi connectivity index (χ3n) is 11.7. The molecule has 0 aromatic carbocycles. The first-order chi connectivity index (χ1) is 16.3. The molecule has 0 unspecified atom stereocenters. The lowest BCUT2D eigenvalue weighted by atomic mass is 9.66. The standard InChI is InChI=1S/C30H56N2O4/c1-26(2)19-16-20-27(3,4)31(26,9)30(25(35)36,23-15-13-11-12-14-18-24(33)34)32(10)28(5,6)21-17-22-29(32,7)8/h11-23H2,1-10H3/p+2. The summed E-state index contributed by atoms with van der Waals surface area (Å²) < 4.78 is 1.06. The number of unbranched alkanes of at least 4 members (excludes halogenated alkanes) is 4. The summed E-state index contributed by atoms with van der Waals surface area (Å²) in [5.74, 6) is -1.39. The van der Waals surface area contributed by atoms with Crippen LogP contribution >= 0.6 is 0 Å². The topological polar surface area (TPSA) is 74.6 Å². The molecule has 2 aliphatic heterocycles. The molecule has 6 nitrogen and oxygen atoms in total. The van der Waals surface area contributed by atoms with Crippen molar-refractivity contribution in [2.24, 2.45) is 0 Å². The van der Waals surface area contributed by atoms with E-state index in [-0.39, 0.29) is 28.6 Å². The van der Waals surface area contributed by atoms with E-state index in [1.54, 1.807) is 0 Å². The lowest BCUT2D eigenvalue weighted by Crippen LogP contribution is -2.94. The number of carbonyl (C=O) groups is 2. The Bertz CT molecular complexity index is 736. The number of rotatable bonds is 11. The van der Waals surface area contributed by atoms with Gasteiger partial charge in [-0.05, 0) is 81.1 Å². The van der Waals surface area contributed by atoms with Crippen LogP contribution in [-0.2, 0) is 9.59 Å². The molecule has 0 bridgehead atoms. The van der Waals surface area contributed by atoms with Crippen LogP contribution in [0.2, 0.25) is 0 Å². The maximum atomic E-state index is 14.1. The van der Waals surface area contributed by atoms with E-state index < -0.39 is 17.6 Å². The van der Waals surface area contributed by atoms with Crippen molar-refractivity contribution >= 4 is 11.9 Å². The molecule has 0 amide bonds. The van der Waals surface area contributed by atoms with Gasteiger partial charge >= 0.3 is 17.6 Å². The highest BCUT2D eigenvalue weighted by atomic mass is 16.4. The molecule has 2 fully saturated rings. The summed E-state index contributed by atoms with van der Waals surface area (Å²) in [6.45, 7) is 18.5. The molecule has 36 heavy (non-hydrogen) atoms.